The third-order valence-corrected chi connectivity index (χ3v) is 4.45. The Kier molecular flexibility index (Phi) is 4.49. The second-order valence-corrected chi connectivity index (χ2v) is 5.90. The fourth-order valence-electron chi connectivity index (χ4n) is 3.02. The first-order valence-electron chi connectivity index (χ1n) is 7.80. The molecule has 1 aliphatic rings. The molecule has 2 aromatic rings. The maximum atomic E-state index is 13.9. The number of carbonyl (C=O) groups excluding carboxylic acids is 1. The number of ether oxygens (including phenoxy) is 1. The Morgan fingerprint density at radius 3 is 2.71 bits per heavy atom. The first kappa shape index (κ1) is 16.4. The van der Waals surface area contributed by atoms with E-state index in [9.17, 15) is 14.3 Å². The van der Waals surface area contributed by atoms with Crippen LogP contribution in [0.3, 0.4) is 0 Å². The van der Waals surface area contributed by atoms with Crippen LogP contribution in [0.15, 0.2) is 42.6 Å². The molecule has 1 aromatic carbocycles. The maximum Gasteiger partial charge on any atom is 0.253 e. The normalized spacial score (nSPS) is 16.7. The number of benzene rings is 1. The fraction of sp³-hybridized carbons (Fsp3) is 0.333. The first-order valence-corrected chi connectivity index (χ1v) is 7.80. The second kappa shape index (κ2) is 6.57. The van der Waals surface area contributed by atoms with Gasteiger partial charge in [0.25, 0.3) is 5.91 Å². The molecule has 3 rings (SSSR count). The molecule has 0 aliphatic carbocycles. The molecule has 0 unspecified atom stereocenters. The zero-order valence-electron chi connectivity index (χ0n) is 13.4. The van der Waals surface area contributed by atoms with Crippen LogP contribution in [0.5, 0.6) is 5.75 Å². The van der Waals surface area contributed by atoms with Crippen molar-refractivity contribution in [2.45, 2.75) is 18.4 Å². The van der Waals surface area contributed by atoms with Gasteiger partial charge in [0.2, 0.25) is 5.95 Å². The van der Waals surface area contributed by atoms with E-state index in [-0.39, 0.29) is 24.3 Å². The van der Waals surface area contributed by atoms with E-state index in [2.05, 4.69) is 4.98 Å². The van der Waals surface area contributed by atoms with Crippen LogP contribution in [0.4, 0.5) is 4.39 Å². The van der Waals surface area contributed by atoms with Gasteiger partial charge in [0, 0.05) is 30.4 Å². The van der Waals surface area contributed by atoms with E-state index in [0.29, 0.717) is 24.4 Å². The van der Waals surface area contributed by atoms with Gasteiger partial charge in [-0.05, 0) is 37.1 Å². The minimum atomic E-state index is -1.29. The Morgan fingerprint density at radius 2 is 2.04 bits per heavy atom. The van der Waals surface area contributed by atoms with Gasteiger partial charge in [-0.1, -0.05) is 12.1 Å². The lowest BCUT2D eigenvalue weighted by atomic mass is 9.85. The lowest BCUT2D eigenvalue weighted by Gasteiger charge is -2.38. The van der Waals surface area contributed by atoms with Crippen molar-refractivity contribution < 1.29 is 19.0 Å². The maximum absolute atomic E-state index is 13.9. The van der Waals surface area contributed by atoms with E-state index in [1.807, 2.05) is 0 Å². The van der Waals surface area contributed by atoms with Crippen LogP contribution < -0.4 is 4.74 Å². The molecule has 0 atom stereocenters. The number of nitrogens with zero attached hydrogens (tertiary/aromatic N) is 2. The average molecular weight is 330 g/mol. The Labute approximate surface area is 139 Å². The number of likely N-dealkylation sites (tertiary alicyclic amines) is 1. The van der Waals surface area contributed by atoms with Crippen molar-refractivity contribution in [2.75, 3.05) is 20.2 Å². The van der Waals surface area contributed by atoms with Crippen LogP contribution in [0.25, 0.3) is 0 Å². The number of piperidine rings is 1. The van der Waals surface area contributed by atoms with Crippen molar-refractivity contribution in [1.82, 2.24) is 9.88 Å². The number of pyridine rings is 1. The van der Waals surface area contributed by atoms with Gasteiger partial charge in [0.1, 0.15) is 5.75 Å². The first-order chi connectivity index (χ1) is 11.5. The Balaban J connectivity index is 1.72. The number of aliphatic hydroxyl groups is 1. The van der Waals surface area contributed by atoms with Crippen molar-refractivity contribution in [3.63, 3.8) is 0 Å². The van der Waals surface area contributed by atoms with Gasteiger partial charge in [0.05, 0.1) is 12.7 Å². The highest BCUT2D eigenvalue weighted by molar-refractivity contribution is 5.94. The molecule has 1 aliphatic heterocycles. The van der Waals surface area contributed by atoms with E-state index in [1.54, 1.807) is 48.4 Å². The number of aromatic nitrogens is 1. The number of amides is 1. The molecular formula is C18H19FN2O3. The molecule has 1 saturated heterocycles. The third-order valence-electron chi connectivity index (χ3n) is 4.45. The van der Waals surface area contributed by atoms with Gasteiger partial charge in [-0.25, -0.2) is 4.98 Å². The molecule has 6 heteroatoms. The Bertz CT molecular complexity index is 743. The summed E-state index contributed by atoms with van der Waals surface area (Å²) in [5, 5.41) is 10.7. The molecule has 126 valence electrons. The molecule has 1 fully saturated rings. The minimum absolute atomic E-state index is 0.123. The van der Waals surface area contributed by atoms with Crippen molar-refractivity contribution in [3.05, 3.63) is 59.7 Å². The van der Waals surface area contributed by atoms with Crippen LogP contribution >= 0.6 is 0 Å². The highest BCUT2D eigenvalue weighted by atomic mass is 19.1. The van der Waals surface area contributed by atoms with Crippen LogP contribution in [0.1, 0.15) is 28.8 Å². The molecule has 1 amide bonds. The summed E-state index contributed by atoms with van der Waals surface area (Å²) in [6.07, 6.45) is 1.89. The van der Waals surface area contributed by atoms with Gasteiger partial charge in [-0.2, -0.15) is 4.39 Å². The molecular weight excluding hydrogens is 311 g/mol. The predicted molar refractivity (Wildman–Crippen MR) is 86.2 cm³/mol. The smallest absolute Gasteiger partial charge is 0.253 e. The van der Waals surface area contributed by atoms with Gasteiger partial charge in [-0.15, -0.1) is 0 Å². The summed E-state index contributed by atoms with van der Waals surface area (Å²) < 4.78 is 19.0. The molecule has 24 heavy (non-hydrogen) atoms. The van der Waals surface area contributed by atoms with E-state index in [4.69, 9.17) is 4.74 Å². The summed E-state index contributed by atoms with van der Waals surface area (Å²) in [4.78, 5) is 17.8. The van der Waals surface area contributed by atoms with Crippen molar-refractivity contribution in [3.8, 4) is 5.75 Å². The minimum Gasteiger partial charge on any atom is -0.497 e. The zero-order chi connectivity index (χ0) is 17.2. The molecule has 0 radical (unpaired) electrons. The summed E-state index contributed by atoms with van der Waals surface area (Å²) in [5.41, 5.74) is -0.561. The van der Waals surface area contributed by atoms with Crippen molar-refractivity contribution >= 4 is 5.91 Å². The summed E-state index contributed by atoms with van der Waals surface area (Å²) in [6.45, 7) is 0.696. The van der Waals surface area contributed by atoms with Crippen molar-refractivity contribution in [2.24, 2.45) is 0 Å². The topological polar surface area (TPSA) is 62.7 Å². The highest BCUT2D eigenvalue weighted by Gasteiger charge is 2.37. The standard InChI is InChI=1S/C18H19FN2O3/c1-24-14-5-2-4-13(12-14)17(22)21-10-7-18(23,8-11-21)15-6-3-9-20-16(15)19/h2-6,9,12,23H,7-8,10-11H2,1H3. The van der Waals surface area contributed by atoms with Crippen LogP contribution in [-0.2, 0) is 5.60 Å². The summed E-state index contributed by atoms with van der Waals surface area (Å²) in [7, 11) is 1.55. The lowest BCUT2D eigenvalue weighted by molar-refractivity contribution is -0.0241. The highest BCUT2D eigenvalue weighted by Crippen LogP contribution is 2.34. The number of rotatable bonds is 3. The lowest BCUT2D eigenvalue weighted by Crippen LogP contribution is -2.45. The van der Waals surface area contributed by atoms with Crippen LogP contribution in [-0.4, -0.2) is 41.1 Å². The number of halogens is 1. The van der Waals surface area contributed by atoms with Gasteiger partial charge < -0.3 is 14.7 Å². The molecule has 0 spiro atoms. The summed E-state index contributed by atoms with van der Waals surface area (Å²) in [5.74, 6) is -0.165. The molecule has 1 N–H and O–H groups in total. The largest absolute Gasteiger partial charge is 0.497 e. The van der Waals surface area contributed by atoms with Crippen molar-refractivity contribution in [1.29, 1.82) is 0 Å². The molecule has 0 bridgehead atoms. The molecule has 5 nitrogen and oxygen atoms in total. The van der Waals surface area contributed by atoms with Crippen LogP contribution in [0.2, 0.25) is 0 Å². The monoisotopic (exact) mass is 330 g/mol. The van der Waals surface area contributed by atoms with E-state index >= 15 is 0 Å². The fourth-order valence-corrected chi connectivity index (χ4v) is 3.02. The summed E-state index contributed by atoms with van der Waals surface area (Å²) >= 11 is 0. The number of hydrogen-bond acceptors (Lipinski definition) is 4. The van der Waals surface area contributed by atoms with Crippen LogP contribution in [0, 0.1) is 5.95 Å². The van der Waals surface area contributed by atoms with E-state index < -0.39 is 11.5 Å². The van der Waals surface area contributed by atoms with E-state index in [0.717, 1.165) is 0 Å². The number of hydrogen-bond donors (Lipinski definition) is 1. The predicted octanol–water partition coefficient (Wildman–Crippen LogP) is 2.35. The zero-order valence-corrected chi connectivity index (χ0v) is 13.4. The second-order valence-electron chi connectivity index (χ2n) is 5.90. The van der Waals surface area contributed by atoms with Gasteiger partial charge >= 0.3 is 0 Å². The molecule has 1 aromatic heterocycles. The number of methoxy groups -OCH3 is 1. The average Bonchev–Trinajstić information content (AvgIpc) is 2.62. The van der Waals surface area contributed by atoms with Gasteiger partial charge in [0.15, 0.2) is 0 Å². The quantitative estimate of drug-likeness (QED) is 0.878. The van der Waals surface area contributed by atoms with Gasteiger partial charge in [-0.3, -0.25) is 4.79 Å². The SMILES string of the molecule is COc1cccc(C(=O)N2CCC(O)(c3cccnc3F)CC2)c1. The molecule has 2 heterocycles. The third kappa shape index (κ3) is 3.10. The molecule has 0 saturated carbocycles. The number of carbonyl (C=O) groups is 1. The Hall–Kier alpha value is -2.47. The summed E-state index contributed by atoms with van der Waals surface area (Å²) in [6, 6.07) is 10.1. The van der Waals surface area contributed by atoms with E-state index in [1.165, 1.54) is 6.20 Å². The Morgan fingerprint density at radius 1 is 1.29 bits per heavy atom.